The molecule has 0 amide bonds. The number of thiophene rings is 1. The van der Waals surface area contributed by atoms with Gasteiger partial charge in [0, 0.05) is 36.6 Å². The monoisotopic (exact) mass is 292 g/mol. The predicted molar refractivity (Wildman–Crippen MR) is 87.2 cm³/mol. The summed E-state index contributed by atoms with van der Waals surface area (Å²) in [5.41, 5.74) is 1.55. The zero-order valence-electron chi connectivity index (χ0n) is 13.1. The molecule has 3 rings (SSSR count). The summed E-state index contributed by atoms with van der Waals surface area (Å²) in [5.74, 6) is 1.69. The smallest absolute Gasteiger partial charge is 0.0334 e. The lowest BCUT2D eigenvalue weighted by Crippen LogP contribution is -2.58. The van der Waals surface area contributed by atoms with Gasteiger partial charge in [-0.3, -0.25) is 4.90 Å². The largest absolute Gasteiger partial charge is 0.311 e. The fourth-order valence-electron chi connectivity index (χ4n) is 3.51. The maximum Gasteiger partial charge on any atom is 0.0334 e. The zero-order chi connectivity index (χ0) is 14.1. The first-order valence-corrected chi connectivity index (χ1v) is 9.09. The van der Waals surface area contributed by atoms with Crippen LogP contribution in [0.2, 0.25) is 0 Å². The van der Waals surface area contributed by atoms with Crippen molar-refractivity contribution in [2.75, 3.05) is 13.1 Å². The number of hydrogen-bond donors (Lipinski definition) is 1. The Balaban J connectivity index is 1.71. The van der Waals surface area contributed by atoms with Crippen LogP contribution in [-0.4, -0.2) is 30.1 Å². The highest BCUT2D eigenvalue weighted by atomic mass is 32.1. The minimum absolute atomic E-state index is 0.691. The molecule has 0 spiro atoms. The summed E-state index contributed by atoms with van der Waals surface area (Å²) in [6, 6.07) is 3.75. The Hall–Kier alpha value is -0.380. The molecular formula is C17H28N2S. The van der Waals surface area contributed by atoms with Gasteiger partial charge in [0.2, 0.25) is 0 Å². The van der Waals surface area contributed by atoms with Crippen LogP contribution in [0.4, 0.5) is 0 Å². The third kappa shape index (κ3) is 3.10. The summed E-state index contributed by atoms with van der Waals surface area (Å²) in [5, 5.41) is 6.08. The molecule has 1 N–H and O–H groups in total. The molecule has 2 unspecified atom stereocenters. The van der Waals surface area contributed by atoms with Crippen molar-refractivity contribution in [1.29, 1.82) is 0 Å². The molecule has 2 atom stereocenters. The van der Waals surface area contributed by atoms with Crippen LogP contribution >= 0.6 is 11.3 Å². The predicted octanol–water partition coefficient (Wildman–Crippen LogP) is 3.52. The number of piperazine rings is 1. The molecule has 2 fully saturated rings. The van der Waals surface area contributed by atoms with Gasteiger partial charge in [-0.15, -0.1) is 11.3 Å². The zero-order valence-corrected chi connectivity index (χ0v) is 13.9. The molecule has 3 heteroatoms. The lowest BCUT2D eigenvalue weighted by atomic mass is 9.96. The van der Waals surface area contributed by atoms with E-state index in [1.165, 1.54) is 32.4 Å². The van der Waals surface area contributed by atoms with Crippen LogP contribution < -0.4 is 5.32 Å². The van der Waals surface area contributed by atoms with Crippen molar-refractivity contribution in [2.45, 2.75) is 58.7 Å². The van der Waals surface area contributed by atoms with E-state index in [0.717, 1.165) is 24.4 Å². The first kappa shape index (κ1) is 14.6. The van der Waals surface area contributed by atoms with Crippen molar-refractivity contribution in [3.63, 3.8) is 0 Å². The Bertz CT molecular complexity index is 436. The second-order valence-electron chi connectivity index (χ2n) is 6.82. The molecule has 1 saturated heterocycles. The standard InChI is InChI=1S/C17H28N2S/c1-4-13-7-8-20-17(13)11-19-10-15(14-5-6-14)18-9-16(19)12(2)3/h7-8,12,14-16,18H,4-6,9-11H2,1-3H3. The Morgan fingerprint density at radius 1 is 1.40 bits per heavy atom. The van der Waals surface area contributed by atoms with Crippen LogP contribution in [0.5, 0.6) is 0 Å². The maximum atomic E-state index is 3.81. The minimum Gasteiger partial charge on any atom is -0.311 e. The summed E-state index contributed by atoms with van der Waals surface area (Å²) in [4.78, 5) is 4.35. The summed E-state index contributed by atoms with van der Waals surface area (Å²) in [6.07, 6.45) is 4.05. The van der Waals surface area contributed by atoms with Gasteiger partial charge in [-0.05, 0) is 48.1 Å². The summed E-state index contributed by atoms with van der Waals surface area (Å²) in [7, 11) is 0. The Kier molecular flexibility index (Phi) is 4.49. The fraction of sp³-hybridized carbons (Fsp3) is 0.765. The second-order valence-corrected chi connectivity index (χ2v) is 7.82. The molecule has 112 valence electrons. The normalized spacial score (nSPS) is 28.2. The molecule has 1 aliphatic heterocycles. The van der Waals surface area contributed by atoms with Gasteiger partial charge in [0.1, 0.15) is 0 Å². The molecule has 0 radical (unpaired) electrons. The van der Waals surface area contributed by atoms with Crippen molar-refractivity contribution in [3.05, 3.63) is 21.9 Å². The second kappa shape index (κ2) is 6.17. The van der Waals surface area contributed by atoms with E-state index in [2.05, 4.69) is 42.4 Å². The molecule has 1 aromatic rings. The lowest BCUT2D eigenvalue weighted by Gasteiger charge is -2.42. The quantitative estimate of drug-likeness (QED) is 0.893. The highest BCUT2D eigenvalue weighted by Gasteiger charge is 2.38. The number of hydrogen-bond acceptors (Lipinski definition) is 3. The van der Waals surface area contributed by atoms with Gasteiger partial charge in [-0.2, -0.15) is 0 Å². The van der Waals surface area contributed by atoms with Gasteiger partial charge in [0.15, 0.2) is 0 Å². The molecule has 2 heterocycles. The van der Waals surface area contributed by atoms with Crippen molar-refractivity contribution < 1.29 is 0 Å². The van der Waals surface area contributed by atoms with E-state index >= 15 is 0 Å². The van der Waals surface area contributed by atoms with Gasteiger partial charge < -0.3 is 5.32 Å². The highest BCUT2D eigenvalue weighted by molar-refractivity contribution is 7.10. The summed E-state index contributed by atoms with van der Waals surface area (Å²) in [6.45, 7) is 10.6. The van der Waals surface area contributed by atoms with Crippen LogP contribution in [0.25, 0.3) is 0 Å². The summed E-state index contributed by atoms with van der Waals surface area (Å²) >= 11 is 1.94. The lowest BCUT2D eigenvalue weighted by molar-refractivity contribution is 0.0860. The van der Waals surface area contributed by atoms with E-state index in [1.807, 2.05) is 11.3 Å². The minimum atomic E-state index is 0.691. The average molecular weight is 292 g/mol. The number of nitrogens with one attached hydrogen (secondary N) is 1. The van der Waals surface area contributed by atoms with Crippen LogP contribution in [0.1, 0.15) is 44.1 Å². The van der Waals surface area contributed by atoms with Crippen molar-refractivity contribution in [3.8, 4) is 0 Å². The highest BCUT2D eigenvalue weighted by Crippen LogP contribution is 2.35. The first-order chi connectivity index (χ1) is 9.69. The van der Waals surface area contributed by atoms with Gasteiger partial charge in [0.25, 0.3) is 0 Å². The number of nitrogens with zero attached hydrogens (tertiary/aromatic N) is 1. The number of aryl methyl sites for hydroxylation is 1. The SMILES string of the molecule is CCc1ccsc1CN1CC(C2CC2)NCC1C(C)C. The maximum absolute atomic E-state index is 3.81. The molecule has 20 heavy (non-hydrogen) atoms. The van der Waals surface area contributed by atoms with E-state index < -0.39 is 0 Å². The third-order valence-electron chi connectivity index (χ3n) is 5.02. The van der Waals surface area contributed by atoms with E-state index in [0.29, 0.717) is 6.04 Å². The van der Waals surface area contributed by atoms with E-state index in [1.54, 1.807) is 10.4 Å². The van der Waals surface area contributed by atoms with Crippen molar-refractivity contribution in [2.24, 2.45) is 11.8 Å². The Labute approximate surface area is 127 Å². The molecule has 2 nitrogen and oxygen atoms in total. The van der Waals surface area contributed by atoms with Gasteiger partial charge in [-0.25, -0.2) is 0 Å². The molecule has 1 aliphatic carbocycles. The Morgan fingerprint density at radius 2 is 2.20 bits per heavy atom. The van der Waals surface area contributed by atoms with Crippen LogP contribution in [0.3, 0.4) is 0 Å². The van der Waals surface area contributed by atoms with E-state index in [4.69, 9.17) is 0 Å². The van der Waals surface area contributed by atoms with Crippen LogP contribution in [0, 0.1) is 11.8 Å². The van der Waals surface area contributed by atoms with Crippen LogP contribution in [-0.2, 0) is 13.0 Å². The molecule has 2 aliphatic rings. The van der Waals surface area contributed by atoms with Crippen LogP contribution in [0.15, 0.2) is 11.4 Å². The molecular weight excluding hydrogens is 264 g/mol. The topological polar surface area (TPSA) is 15.3 Å². The third-order valence-corrected chi connectivity index (χ3v) is 5.96. The fourth-order valence-corrected chi connectivity index (χ4v) is 4.51. The van der Waals surface area contributed by atoms with Gasteiger partial charge in [0.05, 0.1) is 0 Å². The molecule has 0 aromatic carbocycles. The van der Waals surface area contributed by atoms with Gasteiger partial charge >= 0.3 is 0 Å². The molecule has 1 aromatic heterocycles. The summed E-state index contributed by atoms with van der Waals surface area (Å²) < 4.78 is 0. The average Bonchev–Trinajstić information content (AvgIpc) is 3.19. The number of rotatable bonds is 5. The van der Waals surface area contributed by atoms with E-state index in [-0.39, 0.29) is 0 Å². The van der Waals surface area contributed by atoms with E-state index in [9.17, 15) is 0 Å². The van der Waals surface area contributed by atoms with Crippen molar-refractivity contribution >= 4 is 11.3 Å². The van der Waals surface area contributed by atoms with Crippen molar-refractivity contribution in [1.82, 2.24) is 10.2 Å². The molecule has 0 bridgehead atoms. The Morgan fingerprint density at radius 3 is 2.85 bits per heavy atom. The molecule has 1 saturated carbocycles. The first-order valence-electron chi connectivity index (χ1n) is 8.21. The van der Waals surface area contributed by atoms with Gasteiger partial charge in [-0.1, -0.05) is 20.8 Å².